The topological polar surface area (TPSA) is 75.7 Å². The van der Waals surface area contributed by atoms with Crippen LogP contribution in [-0.2, 0) is 21.3 Å². The summed E-state index contributed by atoms with van der Waals surface area (Å²) in [4.78, 5) is 12.7. The fraction of sp³-hybridized carbons (Fsp3) is 0.312. The van der Waals surface area contributed by atoms with Crippen LogP contribution < -0.4 is 5.32 Å². The molecule has 2 heterocycles. The Balaban J connectivity index is 1.68. The van der Waals surface area contributed by atoms with Gasteiger partial charge in [0.1, 0.15) is 4.21 Å². The second-order valence-corrected chi connectivity index (χ2v) is 9.41. The summed E-state index contributed by atoms with van der Waals surface area (Å²) in [5.41, 5.74) is -0.201. The lowest BCUT2D eigenvalue weighted by atomic mass is 10.2. The quantitative estimate of drug-likeness (QED) is 0.731. The van der Waals surface area contributed by atoms with Gasteiger partial charge in [-0.05, 0) is 24.3 Å². The highest BCUT2D eigenvalue weighted by Gasteiger charge is 2.27. The lowest BCUT2D eigenvalue weighted by Crippen LogP contribution is -2.40. The SMILES string of the molecule is O=C(NCc1ccc(S(=O)(=O)N2CCOCC2)s1)c1cc(F)c(F)cc1Cl. The fourth-order valence-electron chi connectivity index (χ4n) is 2.47. The van der Waals surface area contributed by atoms with Crippen molar-refractivity contribution in [3.8, 4) is 0 Å². The van der Waals surface area contributed by atoms with Gasteiger partial charge in [-0.15, -0.1) is 11.3 Å². The van der Waals surface area contributed by atoms with Gasteiger partial charge in [-0.25, -0.2) is 17.2 Å². The second kappa shape index (κ2) is 8.19. The maximum Gasteiger partial charge on any atom is 0.253 e. The molecule has 1 amide bonds. The molecule has 3 rings (SSSR count). The van der Waals surface area contributed by atoms with Gasteiger partial charge in [-0.2, -0.15) is 4.31 Å². The summed E-state index contributed by atoms with van der Waals surface area (Å²) in [5, 5.41) is 2.30. The van der Waals surface area contributed by atoms with Crippen molar-refractivity contribution < 1.29 is 26.7 Å². The normalized spacial score (nSPS) is 15.7. The monoisotopic (exact) mass is 436 g/mol. The highest BCUT2D eigenvalue weighted by Crippen LogP contribution is 2.26. The molecule has 0 saturated carbocycles. The highest BCUT2D eigenvalue weighted by molar-refractivity contribution is 7.91. The number of hydrogen-bond donors (Lipinski definition) is 1. The molecule has 1 aromatic heterocycles. The molecule has 6 nitrogen and oxygen atoms in total. The molecule has 1 aliphatic heterocycles. The van der Waals surface area contributed by atoms with Crippen LogP contribution in [0.2, 0.25) is 5.02 Å². The highest BCUT2D eigenvalue weighted by atomic mass is 35.5. The fourth-order valence-corrected chi connectivity index (χ4v) is 5.56. The van der Waals surface area contributed by atoms with E-state index in [1.807, 2.05) is 0 Å². The van der Waals surface area contributed by atoms with Crippen molar-refractivity contribution in [2.45, 2.75) is 10.8 Å². The molecule has 1 fully saturated rings. The average molecular weight is 437 g/mol. The number of benzene rings is 1. The number of nitrogens with one attached hydrogen (secondary N) is 1. The Morgan fingerprint density at radius 1 is 1.22 bits per heavy atom. The van der Waals surface area contributed by atoms with Crippen molar-refractivity contribution in [1.82, 2.24) is 9.62 Å². The molecule has 146 valence electrons. The number of halogens is 3. The summed E-state index contributed by atoms with van der Waals surface area (Å²) < 4.78 is 58.2. The van der Waals surface area contributed by atoms with Gasteiger partial charge in [-0.3, -0.25) is 4.79 Å². The van der Waals surface area contributed by atoms with E-state index in [-0.39, 0.29) is 21.3 Å². The largest absolute Gasteiger partial charge is 0.379 e. The number of rotatable bonds is 5. The van der Waals surface area contributed by atoms with Crippen molar-refractivity contribution in [3.05, 3.63) is 51.4 Å². The summed E-state index contributed by atoms with van der Waals surface area (Å²) in [7, 11) is -3.60. The first-order chi connectivity index (χ1) is 12.8. The number of amides is 1. The molecular weight excluding hydrogens is 422 g/mol. The third kappa shape index (κ3) is 4.46. The lowest BCUT2D eigenvalue weighted by molar-refractivity contribution is 0.0731. The zero-order chi connectivity index (χ0) is 19.6. The standard InChI is InChI=1S/C16H15ClF2N2O4S2/c17-12-8-14(19)13(18)7-11(12)16(22)20-9-10-1-2-15(26-10)27(23,24)21-3-5-25-6-4-21/h1-2,7-8H,3-6,9H2,(H,20,22). The van der Waals surface area contributed by atoms with Crippen LogP contribution in [0.3, 0.4) is 0 Å². The van der Waals surface area contributed by atoms with Crippen molar-refractivity contribution in [2.75, 3.05) is 26.3 Å². The Labute approximate surface area is 163 Å². The molecule has 11 heteroatoms. The van der Waals surface area contributed by atoms with Gasteiger partial charge in [0.05, 0.1) is 30.3 Å². The summed E-state index contributed by atoms with van der Waals surface area (Å²) in [6.07, 6.45) is 0. The van der Waals surface area contributed by atoms with Crippen LogP contribution in [0.4, 0.5) is 8.78 Å². The van der Waals surface area contributed by atoms with Crippen LogP contribution in [-0.4, -0.2) is 44.9 Å². The maximum absolute atomic E-state index is 13.3. The molecule has 27 heavy (non-hydrogen) atoms. The lowest BCUT2D eigenvalue weighted by Gasteiger charge is -2.25. The third-order valence-corrected chi connectivity index (χ3v) is 7.64. The number of ether oxygens (including phenoxy) is 1. The van der Waals surface area contributed by atoms with Gasteiger partial charge in [0.15, 0.2) is 11.6 Å². The third-order valence-electron chi connectivity index (χ3n) is 3.88. The smallest absolute Gasteiger partial charge is 0.253 e. The number of morpholine rings is 1. The predicted molar refractivity (Wildman–Crippen MR) is 96.4 cm³/mol. The van der Waals surface area contributed by atoms with E-state index >= 15 is 0 Å². The van der Waals surface area contributed by atoms with Crippen LogP contribution in [0.5, 0.6) is 0 Å². The summed E-state index contributed by atoms with van der Waals surface area (Å²) >= 11 is 6.80. The Kier molecular flexibility index (Phi) is 6.11. The summed E-state index contributed by atoms with van der Waals surface area (Å²) in [6, 6.07) is 4.51. The zero-order valence-electron chi connectivity index (χ0n) is 13.9. The molecule has 0 bridgehead atoms. The number of carbonyl (C=O) groups excluding carboxylic acids is 1. The first-order valence-corrected chi connectivity index (χ1v) is 10.5. The van der Waals surface area contributed by atoms with Gasteiger partial charge in [0, 0.05) is 18.0 Å². The summed E-state index contributed by atoms with van der Waals surface area (Å²) in [6.45, 7) is 1.31. The molecule has 1 aromatic carbocycles. The Morgan fingerprint density at radius 3 is 2.59 bits per heavy atom. The van der Waals surface area contributed by atoms with Crippen LogP contribution in [0.25, 0.3) is 0 Å². The minimum Gasteiger partial charge on any atom is -0.379 e. The first-order valence-electron chi connectivity index (χ1n) is 7.88. The number of nitrogens with zero attached hydrogens (tertiary/aromatic N) is 1. The molecule has 0 aliphatic carbocycles. The number of hydrogen-bond acceptors (Lipinski definition) is 5. The number of thiophene rings is 1. The minimum atomic E-state index is -3.60. The van der Waals surface area contributed by atoms with E-state index in [2.05, 4.69) is 5.32 Å². The van der Waals surface area contributed by atoms with Crippen molar-refractivity contribution in [3.63, 3.8) is 0 Å². The average Bonchev–Trinajstić information content (AvgIpc) is 3.13. The van der Waals surface area contributed by atoms with Gasteiger partial charge >= 0.3 is 0 Å². The van der Waals surface area contributed by atoms with Crippen molar-refractivity contribution >= 4 is 38.9 Å². The first kappa shape index (κ1) is 20.2. The van der Waals surface area contributed by atoms with E-state index in [4.69, 9.17) is 16.3 Å². The van der Waals surface area contributed by atoms with E-state index in [0.29, 0.717) is 31.2 Å². The molecule has 0 unspecified atom stereocenters. The summed E-state index contributed by atoms with van der Waals surface area (Å²) in [5.74, 6) is -3.02. The van der Waals surface area contributed by atoms with Crippen molar-refractivity contribution in [1.29, 1.82) is 0 Å². The van der Waals surface area contributed by atoms with E-state index in [1.54, 1.807) is 6.07 Å². The molecule has 0 spiro atoms. The van der Waals surface area contributed by atoms with Gasteiger partial charge in [-0.1, -0.05) is 11.6 Å². The second-order valence-electron chi connectivity index (χ2n) is 5.67. The van der Waals surface area contributed by atoms with Crippen LogP contribution in [0.15, 0.2) is 28.5 Å². The van der Waals surface area contributed by atoms with E-state index in [9.17, 15) is 22.0 Å². The van der Waals surface area contributed by atoms with Crippen LogP contribution in [0.1, 0.15) is 15.2 Å². The van der Waals surface area contributed by atoms with Crippen LogP contribution >= 0.6 is 22.9 Å². The Hall–Kier alpha value is -1.59. The van der Waals surface area contributed by atoms with Crippen LogP contribution in [0, 0.1) is 11.6 Å². The van der Waals surface area contributed by atoms with Gasteiger partial charge in [0.25, 0.3) is 15.9 Å². The van der Waals surface area contributed by atoms with E-state index < -0.39 is 27.6 Å². The maximum atomic E-state index is 13.3. The van der Waals surface area contributed by atoms with Crippen molar-refractivity contribution in [2.24, 2.45) is 0 Å². The molecule has 2 aromatic rings. The number of carbonyl (C=O) groups is 1. The molecule has 0 atom stereocenters. The predicted octanol–water partition coefficient (Wildman–Crippen LogP) is 2.63. The Morgan fingerprint density at radius 2 is 1.89 bits per heavy atom. The minimum absolute atomic E-state index is 0.0253. The molecule has 0 radical (unpaired) electrons. The van der Waals surface area contributed by atoms with E-state index in [0.717, 1.165) is 23.5 Å². The number of sulfonamides is 1. The Bertz CT molecular complexity index is 959. The molecule has 1 saturated heterocycles. The zero-order valence-corrected chi connectivity index (χ0v) is 16.3. The van der Waals surface area contributed by atoms with Gasteiger partial charge in [0.2, 0.25) is 0 Å². The molecular formula is C16H15ClF2N2O4S2. The molecule has 1 N–H and O–H groups in total. The van der Waals surface area contributed by atoms with E-state index in [1.165, 1.54) is 10.4 Å². The molecule has 1 aliphatic rings. The van der Waals surface area contributed by atoms with Gasteiger partial charge < -0.3 is 10.1 Å².